The number of hydrogen-bond donors (Lipinski definition) is 1. The molecule has 1 heterocycles. The smallest absolute Gasteiger partial charge is 0.0802 e. The van der Waals surface area contributed by atoms with Crippen LogP contribution in [0.5, 0.6) is 0 Å². The molecule has 1 aromatic rings. The highest BCUT2D eigenvalue weighted by Crippen LogP contribution is 2.20. The van der Waals surface area contributed by atoms with Gasteiger partial charge in [0.05, 0.1) is 6.10 Å². The van der Waals surface area contributed by atoms with Crippen molar-refractivity contribution < 1.29 is 5.11 Å². The summed E-state index contributed by atoms with van der Waals surface area (Å²) in [6, 6.07) is 10.7. The van der Waals surface area contributed by atoms with Gasteiger partial charge >= 0.3 is 0 Å². The highest BCUT2D eigenvalue weighted by atomic mass is 16.3. The van der Waals surface area contributed by atoms with E-state index in [0.717, 1.165) is 18.5 Å². The van der Waals surface area contributed by atoms with Gasteiger partial charge in [-0.05, 0) is 38.3 Å². The lowest BCUT2D eigenvalue weighted by Crippen LogP contribution is -2.38. The maximum Gasteiger partial charge on any atom is 0.0802 e. The summed E-state index contributed by atoms with van der Waals surface area (Å²) in [5.41, 5.74) is 1.04. The molecule has 1 aromatic carbocycles. The summed E-state index contributed by atoms with van der Waals surface area (Å²) in [5, 5.41) is 10.1. The summed E-state index contributed by atoms with van der Waals surface area (Å²) in [6.07, 6.45) is 4.51. The van der Waals surface area contributed by atoms with Crippen LogP contribution in [-0.4, -0.2) is 29.1 Å². The van der Waals surface area contributed by atoms with Gasteiger partial charge in [0.15, 0.2) is 0 Å². The van der Waals surface area contributed by atoms with Gasteiger partial charge in [-0.2, -0.15) is 0 Å². The second kappa shape index (κ2) is 6.18. The molecule has 1 fully saturated rings. The number of piperidine rings is 1. The first-order chi connectivity index (χ1) is 8.27. The molecule has 0 bridgehead atoms. The van der Waals surface area contributed by atoms with Gasteiger partial charge in [-0.25, -0.2) is 0 Å². The zero-order valence-corrected chi connectivity index (χ0v) is 10.7. The Morgan fingerprint density at radius 1 is 1.29 bits per heavy atom. The molecule has 17 heavy (non-hydrogen) atoms. The Bertz CT molecular complexity index is 325. The fraction of sp³-hybridized carbons (Fsp3) is 0.600. The molecular weight excluding hydrogens is 210 g/mol. The van der Waals surface area contributed by atoms with Gasteiger partial charge < -0.3 is 10.0 Å². The Kier molecular flexibility index (Phi) is 4.57. The number of hydrogen-bond acceptors (Lipinski definition) is 2. The maximum atomic E-state index is 10.1. The molecule has 1 N–H and O–H groups in total. The molecule has 2 nitrogen and oxygen atoms in total. The predicted molar refractivity (Wildman–Crippen MR) is 70.9 cm³/mol. The topological polar surface area (TPSA) is 23.5 Å². The van der Waals surface area contributed by atoms with Crippen molar-refractivity contribution in [3.05, 3.63) is 35.9 Å². The van der Waals surface area contributed by atoms with Crippen molar-refractivity contribution in [3.63, 3.8) is 0 Å². The molecule has 2 rings (SSSR count). The average molecular weight is 233 g/mol. The number of likely N-dealkylation sites (tertiary alicyclic amines) is 1. The molecule has 1 saturated heterocycles. The second-order valence-electron chi connectivity index (χ2n) is 5.10. The number of aliphatic hydroxyl groups is 1. The number of rotatable bonds is 4. The third-order valence-corrected chi connectivity index (χ3v) is 3.81. The molecule has 0 aromatic heterocycles. The largest absolute Gasteiger partial charge is 0.388 e. The van der Waals surface area contributed by atoms with Crippen LogP contribution in [0.25, 0.3) is 0 Å². The van der Waals surface area contributed by atoms with Gasteiger partial charge in [0.2, 0.25) is 0 Å². The summed E-state index contributed by atoms with van der Waals surface area (Å²) in [5.74, 6) is 0. The van der Waals surface area contributed by atoms with Crippen LogP contribution in [0.15, 0.2) is 30.3 Å². The Morgan fingerprint density at radius 3 is 2.76 bits per heavy atom. The Balaban J connectivity index is 1.81. The Labute approximate surface area is 104 Å². The van der Waals surface area contributed by atoms with E-state index in [4.69, 9.17) is 0 Å². The van der Waals surface area contributed by atoms with Gasteiger partial charge in [0.25, 0.3) is 0 Å². The fourth-order valence-corrected chi connectivity index (χ4v) is 2.62. The maximum absolute atomic E-state index is 10.1. The minimum absolute atomic E-state index is 0.315. The molecule has 1 aliphatic rings. The second-order valence-corrected chi connectivity index (χ2v) is 5.10. The van der Waals surface area contributed by atoms with Gasteiger partial charge in [0.1, 0.15) is 0 Å². The highest BCUT2D eigenvalue weighted by Gasteiger charge is 2.18. The van der Waals surface area contributed by atoms with Crippen LogP contribution in [0, 0.1) is 0 Å². The molecule has 0 saturated carbocycles. The normalized spacial score (nSPS) is 23.5. The first-order valence-corrected chi connectivity index (χ1v) is 6.74. The predicted octanol–water partition coefficient (Wildman–Crippen LogP) is 2.98. The van der Waals surface area contributed by atoms with Gasteiger partial charge in [-0.1, -0.05) is 36.8 Å². The summed E-state index contributed by atoms with van der Waals surface area (Å²) in [7, 11) is 0. The molecule has 2 heteroatoms. The van der Waals surface area contributed by atoms with E-state index < -0.39 is 0 Å². The summed E-state index contributed by atoms with van der Waals surface area (Å²) < 4.78 is 0. The van der Waals surface area contributed by atoms with Crippen LogP contribution in [0.1, 0.15) is 44.3 Å². The molecule has 0 radical (unpaired) electrons. The molecule has 0 aliphatic carbocycles. The standard InChI is InChI=1S/C15H23NO/c1-13-7-5-6-11-16(13)12-10-15(17)14-8-3-2-4-9-14/h2-4,8-9,13,15,17H,5-7,10-12H2,1H3/t13-,15-/m0/s1. The zero-order chi connectivity index (χ0) is 12.1. The van der Waals surface area contributed by atoms with Crippen molar-refractivity contribution in [2.24, 2.45) is 0 Å². The van der Waals surface area contributed by atoms with E-state index >= 15 is 0 Å². The first-order valence-electron chi connectivity index (χ1n) is 6.74. The van der Waals surface area contributed by atoms with Gasteiger partial charge in [0, 0.05) is 12.6 Å². The number of benzene rings is 1. The monoisotopic (exact) mass is 233 g/mol. The third-order valence-electron chi connectivity index (χ3n) is 3.81. The lowest BCUT2D eigenvalue weighted by molar-refractivity contribution is 0.109. The Hall–Kier alpha value is -0.860. The Morgan fingerprint density at radius 2 is 2.06 bits per heavy atom. The van der Waals surface area contributed by atoms with E-state index in [0.29, 0.717) is 6.04 Å². The van der Waals surface area contributed by atoms with E-state index in [1.54, 1.807) is 0 Å². The lowest BCUT2D eigenvalue weighted by atomic mass is 10.0. The zero-order valence-electron chi connectivity index (χ0n) is 10.7. The first kappa shape index (κ1) is 12.6. The molecule has 94 valence electrons. The third kappa shape index (κ3) is 3.55. The molecule has 2 atom stereocenters. The summed E-state index contributed by atoms with van der Waals surface area (Å²) in [6.45, 7) is 4.51. The number of nitrogens with zero attached hydrogens (tertiary/aromatic N) is 1. The molecular formula is C15H23NO. The van der Waals surface area contributed by atoms with Crippen molar-refractivity contribution in [1.82, 2.24) is 4.90 Å². The number of aliphatic hydroxyl groups excluding tert-OH is 1. The quantitative estimate of drug-likeness (QED) is 0.864. The van der Waals surface area contributed by atoms with Gasteiger partial charge in [-0.15, -0.1) is 0 Å². The van der Waals surface area contributed by atoms with Crippen LogP contribution in [0.4, 0.5) is 0 Å². The van der Waals surface area contributed by atoms with Gasteiger partial charge in [-0.3, -0.25) is 0 Å². The van der Waals surface area contributed by atoms with Crippen molar-refractivity contribution >= 4 is 0 Å². The van der Waals surface area contributed by atoms with Crippen LogP contribution in [0.2, 0.25) is 0 Å². The van der Waals surface area contributed by atoms with Crippen molar-refractivity contribution in [2.75, 3.05) is 13.1 Å². The summed E-state index contributed by atoms with van der Waals surface area (Å²) in [4.78, 5) is 2.51. The van der Waals surface area contributed by atoms with Crippen LogP contribution >= 0.6 is 0 Å². The fourth-order valence-electron chi connectivity index (χ4n) is 2.62. The minimum Gasteiger partial charge on any atom is -0.388 e. The lowest BCUT2D eigenvalue weighted by Gasteiger charge is -2.33. The van der Waals surface area contributed by atoms with E-state index in [1.165, 1.54) is 25.8 Å². The van der Waals surface area contributed by atoms with Crippen LogP contribution in [-0.2, 0) is 0 Å². The van der Waals surface area contributed by atoms with E-state index in [-0.39, 0.29) is 6.10 Å². The molecule has 1 aliphatic heterocycles. The van der Waals surface area contributed by atoms with Crippen molar-refractivity contribution in [1.29, 1.82) is 0 Å². The SMILES string of the molecule is C[C@H]1CCCCN1CC[C@H](O)c1ccccc1. The molecule has 0 spiro atoms. The van der Waals surface area contributed by atoms with E-state index in [2.05, 4.69) is 11.8 Å². The minimum atomic E-state index is -0.315. The van der Waals surface area contributed by atoms with E-state index in [1.807, 2.05) is 30.3 Å². The molecule has 0 unspecified atom stereocenters. The van der Waals surface area contributed by atoms with Crippen LogP contribution in [0.3, 0.4) is 0 Å². The summed E-state index contributed by atoms with van der Waals surface area (Å²) >= 11 is 0. The van der Waals surface area contributed by atoms with Crippen molar-refractivity contribution in [3.8, 4) is 0 Å². The van der Waals surface area contributed by atoms with E-state index in [9.17, 15) is 5.11 Å². The van der Waals surface area contributed by atoms with Crippen molar-refractivity contribution in [2.45, 2.75) is 44.8 Å². The average Bonchev–Trinajstić information content (AvgIpc) is 2.38. The molecule has 0 amide bonds. The van der Waals surface area contributed by atoms with Crippen LogP contribution < -0.4 is 0 Å². The highest BCUT2D eigenvalue weighted by molar-refractivity contribution is 5.17.